The van der Waals surface area contributed by atoms with Crippen LogP contribution in [-0.4, -0.2) is 30.2 Å². The number of carbonyl (C=O) groups excluding carboxylic acids is 1. The van der Waals surface area contributed by atoms with E-state index in [-0.39, 0.29) is 11.7 Å². The summed E-state index contributed by atoms with van der Waals surface area (Å²) in [6, 6.07) is 26.4. The van der Waals surface area contributed by atoms with Crippen molar-refractivity contribution >= 4 is 17.3 Å². The van der Waals surface area contributed by atoms with Gasteiger partial charge in [0.2, 0.25) is 0 Å². The van der Waals surface area contributed by atoms with Crippen LogP contribution >= 0.6 is 0 Å². The van der Waals surface area contributed by atoms with Crippen molar-refractivity contribution in [3.63, 3.8) is 0 Å². The summed E-state index contributed by atoms with van der Waals surface area (Å²) in [7, 11) is 0. The highest BCUT2D eigenvalue weighted by Crippen LogP contribution is 2.27. The summed E-state index contributed by atoms with van der Waals surface area (Å²) in [5.74, 6) is -0.189. The van der Waals surface area contributed by atoms with Gasteiger partial charge in [-0.2, -0.15) is 13.2 Å². The number of amides is 1. The molecule has 2 N–H and O–H groups in total. The maximum atomic E-state index is 13.0. The van der Waals surface area contributed by atoms with Crippen molar-refractivity contribution in [2.75, 3.05) is 23.8 Å². The second-order valence-corrected chi connectivity index (χ2v) is 8.00. The third kappa shape index (κ3) is 7.09. The second kappa shape index (κ2) is 11.4. The lowest BCUT2D eigenvalue weighted by atomic mass is 9.99. The van der Waals surface area contributed by atoms with Gasteiger partial charge < -0.3 is 15.4 Å². The first-order chi connectivity index (χ1) is 17.4. The van der Waals surface area contributed by atoms with Crippen molar-refractivity contribution in [2.24, 2.45) is 0 Å². The third-order valence-corrected chi connectivity index (χ3v) is 5.32. The van der Waals surface area contributed by atoms with E-state index in [1.165, 1.54) is 12.1 Å². The zero-order valence-corrected chi connectivity index (χ0v) is 19.3. The molecule has 184 valence electrons. The van der Waals surface area contributed by atoms with Gasteiger partial charge in [0.25, 0.3) is 5.91 Å². The number of hydrogen-bond acceptors (Lipinski definition) is 4. The molecule has 8 heteroatoms. The Balaban J connectivity index is 1.37. The van der Waals surface area contributed by atoms with E-state index in [2.05, 4.69) is 15.6 Å². The molecule has 0 atom stereocenters. The highest BCUT2D eigenvalue weighted by atomic mass is 19.4. The Kier molecular flexibility index (Phi) is 7.85. The fourth-order valence-electron chi connectivity index (χ4n) is 3.58. The first kappa shape index (κ1) is 24.8. The first-order valence-electron chi connectivity index (χ1n) is 11.3. The lowest BCUT2D eigenvalue weighted by Gasteiger charge is -2.13. The Hall–Kier alpha value is -4.33. The molecule has 0 fully saturated rings. The molecule has 0 saturated carbocycles. The molecule has 0 spiro atoms. The summed E-state index contributed by atoms with van der Waals surface area (Å²) in [6.45, 7) is -0.625. The molecule has 3 aromatic carbocycles. The predicted octanol–water partition coefficient (Wildman–Crippen LogP) is 6.60. The number of rotatable bonds is 9. The van der Waals surface area contributed by atoms with Gasteiger partial charge in [0.15, 0.2) is 6.61 Å². The zero-order valence-electron chi connectivity index (χ0n) is 19.3. The van der Waals surface area contributed by atoms with Gasteiger partial charge in [-0.25, -0.2) is 0 Å². The van der Waals surface area contributed by atoms with E-state index in [0.29, 0.717) is 22.4 Å². The Morgan fingerprint density at radius 3 is 2.22 bits per heavy atom. The standard InChI is InChI=1S/C28H24F3N3O2/c29-28(30,31)19-36-24-14-8-20(9-15-24)25-6-1-2-7-26(25)27(35)34-23-12-10-22(11-13-23)33-18-16-21-5-3-4-17-32-21/h1-15,17,33H,16,18-19H2,(H,34,35). The van der Waals surface area contributed by atoms with Gasteiger partial charge in [-0.3, -0.25) is 9.78 Å². The fourth-order valence-corrected chi connectivity index (χ4v) is 3.58. The molecule has 1 heterocycles. The van der Waals surface area contributed by atoms with Crippen molar-refractivity contribution in [1.82, 2.24) is 4.98 Å². The maximum Gasteiger partial charge on any atom is 0.422 e. The number of nitrogens with zero attached hydrogens (tertiary/aromatic N) is 1. The minimum atomic E-state index is -4.41. The summed E-state index contributed by atoms with van der Waals surface area (Å²) in [5.41, 5.74) is 4.37. The van der Waals surface area contributed by atoms with E-state index >= 15 is 0 Å². The Bertz CT molecular complexity index is 1280. The number of carbonyl (C=O) groups is 1. The van der Waals surface area contributed by atoms with Crippen molar-refractivity contribution in [3.05, 3.63) is 108 Å². The first-order valence-corrected chi connectivity index (χ1v) is 11.3. The number of ether oxygens (including phenoxy) is 1. The average Bonchev–Trinajstić information content (AvgIpc) is 2.89. The normalized spacial score (nSPS) is 11.1. The molecule has 5 nitrogen and oxygen atoms in total. The Labute approximate surface area is 207 Å². The minimum absolute atomic E-state index is 0.103. The van der Waals surface area contributed by atoms with E-state index < -0.39 is 12.8 Å². The summed E-state index contributed by atoms with van der Waals surface area (Å²) in [4.78, 5) is 17.3. The van der Waals surface area contributed by atoms with E-state index in [1.54, 1.807) is 42.6 Å². The van der Waals surface area contributed by atoms with Gasteiger partial charge in [-0.15, -0.1) is 0 Å². The van der Waals surface area contributed by atoms with E-state index in [4.69, 9.17) is 4.74 Å². The summed E-state index contributed by atoms with van der Waals surface area (Å²) < 4.78 is 41.9. The van der Waals surface area contributed by atoms with Crippen LogP contribution in [0.25, 0.3) is 11.1 Å². The molecule has 0 aliphatic rings. The lowest BCUT2D eigenvalue weighted by Crippen LogP contribution is -2.19. The van der Waals surface area contributed by atoms with E-state index in [0.717, 1.165) is 24.3 Å². The molecular formula is C28H24F3N3O2. The topological polar surface area (TPSA) is 63.2 Å². The van der Waals surface area contributed by atoms with E-state index in [1.807, 2.05) is 42.5 Å². The predicted molar refractivity (Wildman–Crippen MR) is 134 cm³/mol. The highest BCUT2D eigenvalue weighted by Gasteiger charge is 2.28. The van der Waals surface area contributed by atoms with Crippen LogP contribution in [0.3, 0.4) is 0 Å². The van der Waals surface area contributed by atoms with Crippen molar-refractivity contribution in [1.29, 1.82) is 0 Å². The summed E-state index contributed by atoms with van der Waals surface area (Å²) in [5, 5.41) is 6.23. The van der Waals surface area contributed by atoms with Crippen LogP contribution in [-0.2, 0) is 6.42 Å². The van der Waals surface area contributed by atoms with Crippen molar-refractivity contribution < 1.29 is 22.7 Å². The average molecular weight is 492 g/mol. The molecule has 0 unspecified atom stereocenters. The van der Waals surface area contributed by atoms with E-state index in [9.17, 15) is 18.0 Å². The molecule has 4 aromatic rings. The number of nitrogens with one attached hydrogen (secondary N) is 2. The maximum absolute atomic E-state index is 13.0. The number of hydrogen-bond donors (Lipinski definition) is 2. The summed E-state index contributed by atoms with van der Waals surface area (Å²) in [6.07, 6.45) is -1.84. The van der Waals surface area contributed by atoms with Crippen LogP contribution in [0.4, 0.5) is 24.5 Å². The molecule has 0 radical (unpaired) electrons. The number of benzene rings is 3. The number of pyridine rings is 1. The van der Waals surface area contributed by atoms with Crippen molar-refractivity contribution in [2.45, 2.75) is 12.6 Å². The number of anilines is 2. The number of halogens is 3. The number of alkyl halides is 3. The highest BCUT2D eigenvalue weighted by molar-refractivity contribution is 6.08. The molecule has 1 amide bonds. The minimum Gasteiger partial charge on any atom is -0.484 e. The molecule has 0 bridgehead atoms. The van der Waals surface area contributed by atoms with Crippen LogP contribution in [0.1, 0.15) is 16.1 Å². The van der Waals surface area contributed by atoms with Gasteiger partial charge in [0.1, 0.15) is 5.75 Å². The van der Waals surface area contributed by atoms with Crippen LogP contribution in [0.2, 0.25) is 0 Å². The van der Waals surface area contributed by atoms with Crippen molar-refractivity contribution in [3.8, 4) is 16.9 Å². The quantitative estimate of drug-likeness (QED) is 0.277. The smallest absolute Gasteiger partial charge is 0.422 e. The van der Waals surface area contributed by atoms with Gasteiger partial charge in [-0.1, -0.05) is 36.4 Å². The summed E-state index contributed by atoms with van der Waals surface area (Å²) >= 11 is 0. The third-order valence-electron chi connectivity index (χ3n) is 5.32. The number of aromatic nitrogens is 1. The molecule has 0 aliphatic heterocycles. The molecule has 36 heavy (non-hydrogen) atoms. The molecule has 0 aliphatic carbocycles. The zero-order chi connectivity index (χ0) is 25.4. The second-order valence-electron chi connectivity index (χ2n) is 8.00. The van der Waals surface area contributed by atoms with Crippen LogP contribution < -0.4 is 15.4 Å². The van der Waals surface area contributed by atoms with Gasteiger partial charge in [-0.05, 0) is 65.7 Å². The largest absolute Gasteiger partial charge is 0.484 e. The molecule has 1 aromatic heterocycles. The van der Waals surface area contributed by atoms with Gasteiger partial charge in [0.05, 0.1) is 0 Å². The molecule has 4 rings (SSSR count). The Morgan fingerprint density at radius 2 is 1.53 bits per heavy atom. The van der Waals surface area contributed by atoms with Gasteiger partial charge >= 0.3 is 6.18 Å². The van der Waals surface area contributed by atoms with Crippen LogP contribution in [0.5, 0.6) is 5.75 Å². The SMILES string of the molecule is O=C(Nc1ccc(NCCc2ccccn2)cc1)c1ccccc1-c1ccc(OCC(F)(F)F)cc1. The van der Waals surface area contributed by atoms with Crippen LogP contribution in [0.15, 0.2) is 97.2 Å². The lowest BCUT2D eigenvalue weighted by molar-refractivity contribution is -0.153. The monoisotopic (exact) mass is 491 g/mol. The Morgan fingerprint density at radius 1 is 0.833 bits per heavy atom. The van der Waals surface area contributed by atoms with Crippen LogP contribution in [0, 0.1) is 0 Å². The fraction of sp³-hybridized carbons (Fsp3) is 0.143. The molecule has 0 saturated heterocycles. The molecular weight excluding hydrogens is 467 g/mol. The van der Waals surface area contributed by atoms with Gasteiger partial charge in [0, 0.05) is 41.8 Å².